The van der Waals surface area contributed by atoms with Crippen LogP contribution in [0.1, 0.15) is 10.5 Å². The molecule has 0 aliphatic carbocycles. The van der Waals surface area contributed by atoms with Crippen LogP contribution in [0.5, 0.6) is 0 Å². The van der Waals surface area contributed by atoms with E-state index < -0.39 is 0 Å². The molecule has 0 saturated heterocycles. The number of halogens is 1. The van der Waals surface area contributed by atoms with Crippen molar-refractivity contribution in [1.29, 1.82) is 0 Å². The Balaban J connectivity index is 2.70. The molecule has 0 spiro atoms. The molecule has 5 nitrogen and oxygen atoms in total. The molecule has 0 aliphatic heterocycles. The average Bonchev–Trinajstić information content (AvgIpc) is 2.68. The summed E-state index contributed by atoms with van der Waals surface area (Å²) in [5.74, 6) is -0.0573. The highest BCUT2D eigenvalue weighted by atomic mass is 35.5. The number of nitrogens with zero attached hydrogens (tertiary/aromatic N) is 3. The first kappa shape index (κ1) is 14.9. The molecular formula is C12H19ClN4O. The van der Waals surface area contributed by atoms with E-state index in [2.05, 4.69) is 17.0 Å². The van der Waals surface area contributed by atoms with E-state index in [0.717, 1.165) is 6.54 Å². The minimum atomic E-state index is -0.0573. The van der Waals surface area contributed by atoms with Crippen LogP contribution < -0.4 is 5.32 Å². The van der Waals surface area contributed by atoms with Gasteiger partial charge in [-0.2, -0.15) is 5.10 Å². The van der Waals surface area contributed by atoms with Gasteiger partial charge < -0.3 is 10.2 Å². The van der Waals surface area contributed by atoms with Crippen molar-refractivity contribution >= 4 is 17.4 Å². The van der Waals surface area contributed by atoms with Gasteiger partial charge in [0.05, 0.1) is 24.3 Å². The molecule has 0 atom stereocenters. The highest BCUT2D eigenvalue weighted by molar-refractivity contribution is 6.33. The van der Waals surface area contributed by atoms with Gasteiger partial charge >= 0.3 is 0 Å². The number of Topliss-reactive ketones (excluding diaryl/α,β-unsaturated/α-hetero) is 1. The van der Waals surface area contributed by atoms with Crippen LogP contribution in [0.4, 0.5) is 0 Å². The smallest absolute Gasteiger partial charge is 0.196 e. The molecule has 0 unspecified atom stereocenters. The molecule has 100 valence electrons. The molecule has 1 N–H and O–H groups in total. The van der Waals surface area contributed by atoms with Crippen LogP contribution >= 0.6 is 11.6 Å². The molecule has 0 radical (unpaired) electrons. The van der Waals surface area contributed by atoms with E-state index in [0.29, 0.717) is 23.8 Å². The molecule has 18 heavy (non-hydrogen) atoms. The van der Waals surface area contributed by atoms with Gasteiger partial charge in [-0.1, -0.05) is 17.7 Å². The first-order valence-electron chi connectivity index (χ1n) is 5.77. The van der Waals surface area contributed by atoms with Crippen LogP contribution in [0.15, 0.2) is 18.9 Å². The van der Waals surface area contributed by atoms with E-state index in [1.807, 2.05) is 19.0 Å². The fraction of sp³-hybridized carbons (Fsp3) is 0.500. The Labute approximate surface area is 112 Å². The number of hydrogen-bond donors (Lipinski definition) is 1. The second-order valence-corrected chi connectivity index (χ2v) is 4.62. The van der Waals surface area contributed by atoms with Crippen molar-refractivity contribution in [2.24, 2.45) is 0 Å². The second-order valence-electron chi connectivity index (χ2n) is 4.21. The van der Waals surface area contributed by atoms with Crippen LogP contribution in [-0.4, -0.2) is 54.2 Å². The van der Waals surface area contributed by atoms with Crippen LogP contribution in [0.25, 0.3) is 0 Å². The Morgan fingerprint density at radius 3 is 3.00 bits per heavy atom. The number of ketones is 1. The number of aromatic nitrogens is 2. The van der Waals surface area contributed by atoms with Crippen molar-refractivity contribution in [2.45, 2.75) is 6.54 Å². The fourth-order valence-electron chi connectivity index (χ4n) is 1.48. The van der Waals surface area contributed by atoms with Crippen molar-refractivity contribution in [3.63, 3.8) is 0 Å². The summed E-state index contributed by atoms with van der Waals surface area (Å²) < 4.78 is 1.65. The highest BCUT2D eigenvalue weighted by Gasteiger charge is 2.16. The molecule has 1 heterocycles. The largest absolute Gasteiger partial charge is 0.308 e. The van der Waals surface area contributed by atoms with E-state index in [1.165, 1.54) is 6.20 Å². The summed E-state index contributed by atoms with van der Waals surface area (Å²) in [5, 5.41) is 7.49. The van der Waals surface area contributed by atoms with E-state index in [-0.39, 0.29) is 12.3 Å². The standard InChI is InChI=1S/C12H19ClN4O/c1-4-5-14-9-11(18)12-10(13)8-15-17(12)7-6-16(2)3/h4,8,14H,1,5-7,9H2,2-3H3. The number of carbonyl (C=O) groups is 1. The Kier molecular flexibility index (Phi) is 6.04. The zero-order valence-corrected chi connectivity index (χ0v) is 11.6. The minimum absolute atomic E-state index is 0.0573. The molecule has 6 heteroatoms. The van der Waals surface area contributed by atoms with Gasteiger partial charge in [0, 0.05) is 13.1 Å². The van der Waals surface area contributed by atoms with Crippen LogP contribution in [0.2, 0.25) is 5.02 Å². The molecule has 0 fully saturated rings. The number of likely N-dealkylation sites (N-methyl/N-ethyl adjacent to an activating group) is 1. The summed E-state index contributed by atoms with van der Waals surface area (Å²) in [6, 6.07) is 0. The molecular weight excluding hydrogens is 252 g/mol. The lowest BCUT2D eigenvalue weighted by Gasteiger charge is -2.11. The zero-order valence-electron chi connectivity index (χ0n) is 10.8. The predicted molar refractivity (Wildman–Crippen MR) is 73.2 cm³/mol. The molecule has 1 aromatic rings. The summed E-state index contributed by atoms with van der Waals surface area (Å²) in [5.41, 5.74) is 0.468. The molecule has 0 saturated carbocycles. The fourth-order valence-corrected chi connectivity index (χ4v) is 1.72. The lowest BCUT2D eigenvalue weighted by atomic mass is 10.2. The summed E-state index contributed by atoms with van der Waals surface area (Å²) in [6.07, 6.45) is 3.22. The molecule has 1 rings (SSSR count). The Bertz CT molecular complexity index is 414. The van der Waals surface area contributed by atoms with E-state index >= 15 is 0 Å². The van der Waals surface area contributed by atoms with Gasteiger partial charge in [-0.05, 0) is 14.1 Å². The maximum Gasteiger partial charge on any atom is 0.196 e. The topological polar surface area (TPSA) is 50.2 Å². The number of carbonyl (C=O) groups excluding carboxylic acids is 1. The number of nitrogens with one attached hydrogen (secondary N) is 1. The van der Waals surface area contributed by atoms with Gasteiger partial charge in [0.15, 0.2) is 5.78 Å². The highest BCUT2D eigenvalue weighted by Crippen LogP contribution is 2.15. The quantitative estimate of drug-likeness (QED) is 0.436. The lowest BCUT2D eigenvalue weighted by molar-refractivity contribution is 0.0981. The van der Waals surface area contributed by atoms with Gasteiger partial charge in [0.1, 0.15) is 5.69 Å². The Morgan fingerprint density at radius 2 is 2.39 bits per heavy atom. The van der Waals surface area contributed by atoms with Crippen LogP contribution in [-0.2, 0) is 6.54 Å². The number of hydrogen-bond acceptors (Lipinski definition) is 4. The molecule has 0 amide bonds. The molecule has 0 aliphatic rings. The van der Waals surface area contributed by atoms with E-state index in [1.54, 1.807) is 10.8 Å². The van der Waals surface area contributed by atoms with Crippen LogP contribution in [0, 0.1) is 0 Å². The number of rotatable bonds is 8. The monoisotopic (exact) mass is 270 g/mol. The summed E-state index contributed by atoms with van der Waals surface area (Å²) >= 11 is 6.00. The van der Waals surface area contributed by atoms with Gasteiger partial charge in [0.25, 0.3) is 0 Å². The Morgan fingerprint density at radius 1 is 1.67 bits per heavy atom. The molecule has 0 aromatic carbocycles. The first-order chi connectivity index (χ1) is 8.56. The van der Waals surface area contributed by atoms with Gasteiger partial charge in [-0.15, -0.1) is 6.58 Å². The van der Waals surface area contributed by atoms with Gasteiger partial charge in [-0.3, -0.25) is 9.48 Å². The zero-order chi connectivity index (χ0) is 13.5. The van der Waals surface area contributed by atoms with Gasteiger partial charge in [0.2, 0.25) is 0 Å². The maximum absolute atomic E-state index is 12.0. The maximum atomic E-state index is 12.0. The SMILES string of the molecule is C=CCNCC(=O)c1c(Cl)cnn1CCN(C)C. The van der Waals surface area contributed by atoms with Crippen molar-refractivity contribution in [1.82, 2.24) is 20.0 Å². The minimum Gasteiger partial charge on any atom is -0.308 e. The molecule has 0 bridgehead atoms. The van der Waals surface area contributed by atoms with Crippen molar-refractivity contribution in [3.8, 4) is 0 Å². The third-order valence-corrected chi connectivity index (χ3v) is 2.67. The molecule has 1 aromatic heterocycles. The summed E-state index contributed by atoms with van der Waals surface area (Å²) in [6.45, 7) is 5.85. The summed E-state index contributed by atoms with van der Waals surface area (Å²) in [7, 11) is 3.94. The van der Waals surface area contributed by atoms with Crippen LogP contribution in [0.3, 0.4) is 0 Å². The summed E-state index contributed by atoms with van der Waals surface area (Å²) in [4.78, 5) is 14.0. The second kappa shape index (κ2) is 7.31. The Hall–Kier alpha value is -1.17. The van der Waals surface area contributed by atoms with Gasteiger partial charge in [-0.25, -0.2) is 0 Å². The van der Waals surface area contributed by atoms with E-state index in [4.69, 9.17) is 11.6 Å². The van der Waals surface area contributed by atoms with Crippen molar-refractivity contribution in [3.05, 3.63) is 29.6 Å². The van der Waals surface area contributed by atoms with E-state index in [9.17, 15) is 4.79 Å². The lowest BCUT2D eigenvalue weighted by Crippen LogP contribution is -2.27. The predicted octanol–water partition coefficient (Wildman–Crippen LogP) is 1.06. The normalized spacial score (nSPS) is 10.9. The first-order valence-corrected chi connectivity index (χ1v) is 6.15. The third kappa shape index (κ3) is 4.25. The third-order valence-electron chi connectivity index (χ3n) is 2.39. The van der Waals surface area contributed by atoms with Crippen molar-refractivity contribution in [2.75, 3.05) is 33.7 Å². The average molecular weight is 271 g/mol. The van der Waals surface area contributed by atoms with Crippen molar-refractivity contribution < 1.29 is 4.79 Å².